The molecule has 0 heterocycles. The number of hydrogen-bond acceptors (Lipinski definition) is 6. The van der Waals surface area contributed by atoms with Crippen LogP contribution in [0, 0.1) is 10.1 Å². The summed E-state index contributed by atoms with van der Waals surface area (Å²) >= 11 is 0. The van der Waals surface area contributed by atoms with E-state index in [1.165, 1.54) is 13.2 Å². The van der Waals surface area contributed by atoms with Crippen LogP contribution in [0.5, 0.6) is 0 Å². The maximum absolute atomic E-state index is 12.2. The number of benzene rings is 2. The highest BCUT2D eigenvalue weighted by Crippen LogP contribution is 2.23. The first kappa shape index (κ1) is 18.9. The van der Waals surface area contributed by atoms with E-state index >= 15 is 0 Å². The smallest absolute Gasteiger partial charge is 0.333 e. The SMILES string of the molecule is COC(=O)C(NC(=O)CCNc1ccccc1[N+](=O)[O-])c1ccccc1. The van der Waals surface area contributed by atoms with Crippen molar-refractivity contribution < 1.29 is 19.2 Å². The van der Waals surface area contributed by atoms with E-state index in [4.69, 9.17) is 4.74 Å². The summed E-state index contributed by atoms with van der Waals surface area (Å²) in [6.45, 7) is 0.180. The van der Waals surface area contributed by atoms with E-state index in [-0.39, 0.29) is 24.6 Å². The minimum atomic E-state index is -0.903. The lowest BCUT2D eigenvalue weighted by molar-refractivity contribution is -0.384. The zero-order valence-corrected chi connectivity index (χ0v) is 14.2. The van der Waals surface area contributed by atoms with Crippen molar-refractivity contribution in [2.75, 3.05) is 19.0 Å². The van der Waals surface area contributed by atoms with Gasteiger partial charge in [0.15, 0.2) is 6.04 Å². The first-order valence-electron chi connectivity index (χ1n) is 7.92. The first-order chi connectivity index (χ1) is 12.5. The standard InChI is InChI=1S/C18H19N3O5/c1-26-18(23)17(13-7-3-2-4-8-13)20-16(22)11-12-19-14-9-5-6-10-15(14)21(24)25/h2-10,17,19H,11-12H2,1H3,(H,20,22). The normalized spacial score (nSPS) is 11.3. The van der Waals surface area contributed by atoms with Crippen LogP contribution in [0.25, 0.3) is 0 Å². The van der Waals surface area contributed by atoms with Crippen molar-refractivity contribution in [1.82, 2.24) is 5.32 Å². The molecule has 1 amide bonds. The number of para-hydroxylation sites is 2. The van der Waals surface area contributed by atoms with Gasteiger partial charge in [-0.2, -0.15) is 0 Å². The second kappa shape index (κ2) is 9.16. The average Bonchev–Trinajstić information content (AvgIpc) is 2.66. The fourth-order valence-electron chi connectivity index (χ4n) is 2.37. The topological polar surface area (TPSA) is 111 Å². The Morgan fingerprint density at radius 1 is 1.12 bits per heavy atom. The van der Waals surface area contributed by atoms with E-state index in [1.807, 2.05) is 0 Å². The fraction of sp³-hybridized carbons (Fsp3) is 0.222. The fourth-order valence-corrected chi connectivity index (χ4v) is 2.37. The molecule has 2 N–H and O–H groups in total. The molecule has 0 radical (unpaired) electrons. The number of rotatable bonds is 8. The van der Waals surface area contributed by atoms with Gasteiger partial charge in [-0.15, -0.1) is 0 Å². The third-order valence-electron chi connectivity index (χ3n) is 3.64. The number of nitro groups is 1. The number of amides is 1. The lowest BCUT2D eigenvalue weighted by Crippen LogP contribution is -2.35. The van der Waals surface area contributed by atoms with E-state index in [2.05, 4.69) is 10.6 Å². The Labute approximate surface area is 150 Å². The summed E-state index contributed by atoms with van der Waals surface area (Å²) in [4.78, 5) is 34.6. The quantitative estimate of drug-likeness (QED) is 0.426. The average molecular weight is 357 g/mol. The third kappa shape index (κ3) is 5.04. The third-order valence-corrected chi connectivity index (χ3v) is 3.64. The van der Waals surface area contributed by atoms with Gasteiger partial charge in [-0.25, -0.2) is 4.79 Å². The Balaban J connectivity index is 1.95. The van der Waals surface area contributed by atoms with Gasteiger partial charge < -0.3 is 15.4 Å². The van der Waals surface area contributed by atoms with E-state index in [9.17, 15) is 19.7 Å². The number of carbonyl (C=O) groups is 2. The van der Waals surface area contributed by atoms with Crippen LogP contribution in [0.4, 0.5) is 11.4 Å². The molecule has 1 unspecified atom stereocenters. The Morgan fingerprint density at radius 2 is 1.77 bits per heavy atom. The molecule has 0 saturated heterocycles. The van der Waals surface area contributed by atoms with Crippen LogP contribution in [0.15, 0.2) is 54.6 Å². The number of nitro benzene ring substituents is 1. The second-order valence-corrected chi connectivity index (χ2v) is 5.39. The van der Waals surface area contributed by atoms with Gasteiger partial charge in [0.05, 0.1) is 12.0 Å². The van der Waals surface area contributed by atoms with Crippen molar-refractivity contribution >= 4 is 23.3 Å². The maximum atomic E-state index is 12.2. The molecule has 26 heavy (non-hydrogen) atoms. The summed E-state index contributed by atoms with van der Waals surface area (Å²) in [5.41, 5.74) is 0.877. The summed E-state index contributed by atoms with van der Waals surface area (Å²) in [6.07, 6.45) is 0.0341. The minimum Gasteiger partial charge on any atom is -0.467 e. The van der Waals surface area contributed by atoms with Crippen LogP contribution < -0.4 is 10.6 Å². The number of methoxy groups -OCH3 is 1. The van der Waals surface area contributed by atoms with Crippen LogP contribution in [0.3, 0.4) is 0 Å². The summed E-state index contributed by atoms with van der Waals surface area (Å²) in [6, 6.07) is 14.0. The Bertz CT molecular complexity index is 779. The number of hydrogen-bond donors (Lipinski definition) is 2. The molecule has 8 nitrogen and oxygen atoms in total. The van der Waals surface area contributed by atoms with E-state index < -0.39 is 16.9 Å². The number of carbonyl (C=O) groups excluding carboxylic acids is 2. The Hall–Kier alpha value is -3.42. The molecule has 0 bridgehead atoms. The van der Waals surface area contributed by atoms with E-state index in [1.54, 1.807) is 48.5 Å². The number of ether oxygens (including phenoxy) is 1. The van der Waals surface area contributed by atoms with Gasteiger partial charge in [0.1, 0.15) is 5.69 Å². The largest absolute Gasteiger partial charge is 0.467 e. The van der Waals surface area contributed by atoms with Crippen LogP contribution in [-0.4, -0.2) is 30.5 Å². The van der Waals surface area contributed by atoms with Crippen molar-refractivity contribution in [3.05, 3.63) is 70.3 Å². The molecule has 0 aliphatic carbocycles. The molecule has 0 saturated carbocycles. The van der Waals surface area contributed by atoms with Crippen LogP contribution in [0.2, 0.25) is 0 Å². The van der Waals surface area contributed by atoms with E-state index in [0.29, 0.717) is 11.3 Å². The lowest BCUT2D eigenvalue weighted by Gasteiger charge is -2.17. The Kier molecular flexibility index (Phi) is 6.67. The summed E-state index contributed by atoms with van der Waals surface area (Å²) in [5.74, 6) is -0.952. The molecule has 0 aliphatic rings. The van der Waals surface area contributed by atoms with Gasteiger partial charge in [-0.3, -0.25) is 14.9 Å². The molecule has 8 heteroatoms. The zero-order valence-electron chi connectivity index (χ0n) is 14.2. The van der Waals surface area contributed by atoms with Crippen LogP contribution >= 0.6 is 0 Å². The molecule has 2 aromatic rings. The van der Waals surface area contributed by atoms with Crippen molar-refractivity contribution in [1.29, 1.82) is 0 Å². The molecule has 0 spiro atoms. The van der Waals surface area contributed by atoms with Gasteiger partial charge in [-0.1, -0.05) is 42.5 Å². The number of nitrogens with one attached hydrogen (secondary N) is 2. The second-order valence-electron chi connectivity index (χ2n) is 5.39. The van der Waals surface area contributed by atoms with Gasteiger partial charge in [0, 0.05) is 19.0 Å². The molecule has 2 rings (SSSR count). The summed E-state index contributed by atoms with van der Waals surface area (Å²) in [7, 11) is 1.25. The zero-order chi connectivity index (χ0) is 18.9. The lowest BCUT2D eigenvalue weighted by atomic mass is 10.1. The van der Waals surface area contributed by atoms with Gasteiger partial charge in [0.25, 0.3) is 5.69 Å². The highest BCUT2D eigenvalue weighted by Gasteiger charge is 2.23. The van der Waals surface area contributed by atoms with Gasteiger partial charge in [-0.05, 0) is 11.6 Å². The molecule has 0 aromatic heterocycles. The molecule has 0 aliphatic heterocycles. The summed E-state index contributed by atoms with van der Waals surface area (Å²) < 4.78 is 4.74. The first-order valence-corrected chi connectivity index (χ1v) is 7.92. The number of esters is 1. The predicted molar refractivity (Wildman–Crippen MR) is 95.5 cm³/mol. The van der Waals surface area contributed by atoms with Gasteiger partial charge >= 0.3 is 5.97 Å². The minimum absolute atomic E-state index is 0.0341. The maximum Gasteiger partial charge on any atom is 0.333 e. The molecule has 136 valence electrons. The highest BCUT2D eigenvalue weighted by atomic mass is 16.6. The van der Waals surface area contributed by atoms with E-state index in [0.717, 1.165) is 0 Å². The number of nitrogens with zero attached hydrogens (tertiary/aromatic N) is 1. The molecule has 2 aromatic carbocycles. The van der Waals surface area contributed by atoms with Crippen molar-refractivity contribution in [2.45, 2.75) is 12.5 Å². The number of anilines is 1. The highest BCUT2D eigenvalue weighted by molar-refractivity contribution is 5.85. The molecular formula is C18H19N3O5. The van der Waals surface area contributed by atoms with Crippen molar-refractivity contribution in [3.63, 3.8) is 0 Å². The Morgan fingerprint density at radius 3 is 2.42 bits per heavy atom. The molecule has 1 atom stereocenters. The van der Waals surface area contributed by atoms with Gasteiger partial charge in [0.2, 0.25) is 5.91 Å². The van der Waals surface area contributed by atoms with Crippen molar-refractivity contribution in [3.8, 4) is 0 Å². The molecule has 0 fully saturated rings. The van der Waals surface area contributed by atoms with Crippen LogP contribution in [-0.2, 0) is 14.3 Å². The van der Waals surface area contributed by atoms with Crippen molar-refractivity contribution in [2.24, 2.45) is 0 Å². The predicted octanol–water partition coefficient (Wildman–Crippen LogP) is 2.43. The molecular weight excluding hydrogens is 338 g/mol. The summed E-state index contributed by atoms with van der Waals surface area (Å²) in [5, 5.41) is 16.4. The van der Waals surface area contributed by atoms with Crippen LogP contribution in [0.1, 0.15) is 18.0 Å². The monoisotopic (exact) mass is 357 g/mol.